The maximum absolute atomic E-state index is 12.1. The molecule has 0 saturated heterocycles. The molecule has 2 aromatic rings. The summed E-state index contributed by atoms with van der Waals surface area (Å²) in [5.41, 5.74) is 7.19. The first-order valence-electron chi connectivity index (χ1n) is 7.25. The van der Waals surface area contributed by atoms with Gasteiger partial charge in [-0.25, -0.2) is 4.98 Å². The number of benzene rings is 1. The normalized spacial score (nSPS) is 15.7. The van der Waals surface area contributed by atoms with Gasteiger partial charge in [0, 0.05) is 19.0 Å². The van der Waals surface area contributed by atoms with E-state index in [-0.39, 0.29) is 11.9 Å². The summed E-state index contributed by atoms with van der Waals surface area (Å²) in [6.45, 7) is 0.551. The monoisotopic (exact) mass is 301 g/mol. The highest BCUT2D eigenvalue weighted by molar-refractivity contribution is 7.13. The topological polar surface area (TPSA) is 68.0 Å². The number of hydrogen-bond acceptors (Lipinski definition) is 4. The molecule has 110 valence electrons. The van der Waals surface area contributed by atoms with Gasteiger partial charge in [-0.3, -0.25) is 4.79 Å². The zero-order valence-corrected chi connectivity index (χ0v) is 12.6. The Morgan fingerprint density at radius 1 is 1.38 bits per heavy atom. The molecule has 1 heterocycles. The second-order valence-electron chi connectivity index (χ2n) is 5.49. The predicted molar refractivity (Wildman–Crippen MR) is 84.4 cm³/mol. The zero-order valence-electron chi connectivity index (χ0n) is 11.8. The molecular weight excluding hydrogens is 282 g/mol. The van der Waals surface area contributed by atoms with E-state index in [9.17, 15) is 4.79 Å². The first kappa shape index (κ1) is 14.2. The Bertz CT molecular complexity index is 607. The maximum Gasteiger partial charge on any atom is 0.263 e. The van der Waals surface area contributed by atoms with Gasteiger partial charge in [0.05, 0.1) is 11.2 Å². The van der Waals surface area contributed by atoms with Crippen LogP contribution < -0.4 is 11.1 Å². The van der Waals surface area contributed by atoms with Gasteiger partial charge in [-0.15, -0.1) is 11.3 Å². The first-order chi connectivity index (χ1) is 10.2. The van der Waals surface area contributed by atoms with Crippen molar-refractivity contribution in [3.05, 3.63) is 52.0 Å². The molecule has 1 unspecified atom stereocenters. The van der Waals surface area contributed by atoms with Crippen molar-refractivity contribution in [1.82, 2.24) is 10.3 Å². The summed E-state index contributed by atoms with van der Waals surface area (Å²) >= 11 is 1.45. The van der Waals surface area contributed by atoms with Crippen molar-refractivity contribution >= 4 is 17.2 Å². The molecule has 0 aliphatic heterocycles. The number of aromatic nitrogens is 1. The highest BCUT2D eigenvalue weighted by atomic mass is 32.1. The Morgan fingerprint density at radius 2 is 2.14 bits per heavy atom. The molecule has 5 heteroatoms. The third-order valence-electron chi connectivity index (χ3n) is 3.70. The predicted octanol–water partition coefficient (Wildman–Crippen LogP) is 2.20. The van der Waals surface area contributed by atoms with Gasteiger partial charge in [-0.05, 0) is 24.3 Å². The number of carbonyl (C=O) groups excluding carboxylic acids is 1. The number of nitrogens with two attached hydrogens (primary N) is 1. The average molecular weight is 301 g/mol. The highest BCUT2D eigenvalue weighted by Crippen LogP contribution is 2.31. The van der Waals surface area contributed by atoms with E-state index >= 15 is 0 Å². The molecule has 1 atom stereocenters. The number of nitrogens with zero attached hydrogens (tertiary/aromatic N) is 1. The van der Waals surface area contributed by atoms with Crippen LogP contribution in [0.1, 0.15) is 33.1 Å². The van der Waals surface area contributed by atoms with E-state index < -0.39 is 0 Å². The molecule has 3 rings (SSSR count). The van der Waals surface area contributed by atoms with E-state index in [2.05, 4.69) is 22.4 Å². The van der Waals surface area contributed by atoms with Crippen molar-refractivity contribution in [2.45, 2.75) is 25.3 Å². The standard InChI is InChI=1S/C16H19N3OS/c17-13(12-6-7-12)9-19-16(20)14-10-18-15(21-14)8-11-4-2-1-3-5-11/h1-5,10,12-13H,6-9,17H2,(H,19,20). The minimum absolute atomic E-state index is 0.0667. The minimum atomic E-state index is -0.0667. The van der Waals surface area contributed by atoms with Gasteiger partial charge in [0.1, 0.15) is 4.88 Å². The van der Waals surface area contributed by atoms with Crippen molar-refractivity contribution in [2.24, 2.45) is 11.7 Å². The molecule has 1 aliphatic rings. The van der Waals surface area contributed by atoms with Crippen LogP contribution >= 0.6 is 11.3 Å². The van der Waals surface area contributed by atoms with Crippen molar-refractivity contribution in [1.29, 1.82) is 0 Å². The van der Waals surface area contributed by atoms with E-state index in [0.717, 1.165) is 11.4 Å². The van der Waals surface area contributed by atoms with E-state index in [1.54, 1.807) is 6.20 Å². The van der Waals surface area contributed by atoms with Gasteiger partial charge >= 0.3 is 0 Å². The number of nitrogens with one attached hydrogen (secondary N) is 1. The van der Waals surface area contributed by atoms with Crippen molar-refractivity contribution in [3.63, 3.8) is 0 Å². The van der Waals surface area contributed by atoms with Gasteiger partial charge in [-0.1, -0.05) is 30.3 Å². The summed E-state index contributed by atoms with van der Waals surface area (Å²) in [5.74, 6) is 0.531. The number of thiazole rings is 1. The Hall–Kier alpha value is -1.72. The fourth-order valence-electron chi connectivity index (χ4n) is 2.26. The van der Waals surface area contributed by atoms with Crippen LogP contribution in [0.15, 0.2) is 36.5 Å². The molecular formula is C16H19N3OS. The van der Waals surface area contributed by atoms with Crippen molar-refractivity contribution in [2.75, 3.05) is 6.54 Å². The van der Waals surface area contributed by atoms with Gasteiger partial charge in [0.15, 0.2) is 0 Å². The summed E-state index contributed by atoms with van der Waals surface area (Å²) in [5, 5.41) is 3.86. The molecule has 0 radical (unpaired) electrons. The van der Waals surface area contributed by atoms with Gasteiger partial charge in [-0.2, -0.15) is 0 Å². The highest BCUT2D eigenvalue weighted by Gasteiger charge is 2.28. The summed E-state index contributed by atoms with van der Waals surface area (Å²) < 4.78 is 0. The third kappa shape index (κ3) is 3.89. The molecule has 1 saturated carbocycles. The maximum atomic E-state index is 12.1. The largest absolute Gasteiger partial charge is 0.350 e. The molecule has 3 N–H and O–H groups in total. The van der Waals surface area contributed by atoms with Crippen LogP contribution in [0.2, 0.25) is 0 Å². The van der Waals surface area contributed by atoms with E-state index in [1.807, 2.05) is 18.2 Å². The molecule has 1 aliphatic carbocycles. The summed E-state index contributed by atoms with van der Waals surface area (Å²) in [7, 11) is 0. The van der Waals surface area contributed by atoms with Crippen LogP contribution in [0.5, 0.6) is 0 Å². The van der Waals surface area contributed by atoms with Crippen LogP contribution in [0, 0.1) is 5.92 Å². The number of hydrogen-bond donors (Lipinski definition) is 2. The van der Waals surface area contributed by atoms with Crippen LogP contribution in [-0.2, 0) is 6.42 Å². The summed E-state index contributed by atoms with van der Waals surface area (Å²) in [6.07, 6.45) is 4.80. The molecule has 0 spiro atoms. The smallest absolute Gasteiger partial charge is 0.263 e. The molecule has 4 nitrogen and oxygen atoms in total. The molecule has 0 bridgehead atoms. The minimum Gasteiger partial charge on any atom is -0.350 e. The van der Waals surface area contributed by atoms with Crippen LogP contribution in [0.25, 0.3) is 0 Å². The second kappa shape index (κ2) is 6.37. The number of rotatable bonds is 6. The van der Waals surface area contributed by atoms with Gasteiger partial charge in [0.2, 0.25) is 0 Å². The molecule has 1 aromatic heterocycles. The van der Waals surface area contributed by atoms with Gasteiger partial charge < -0.3 is 11.1 Å². The Balaban J connectivity index is 1.55. The van der Waals surface area contributed by atoms with Crippen molar-refractivity contribution in [3.8, 4) is 0 Å². The molecule has 1 aromatic carbocycles. The number of carbonyl (C=O) groups is 1. The van der Waals surface area contributed by atoms with E-state index in [1.165, 1.54) is 29.7 Å². The van der Waals surface area contributed by atoms with Crippen LogP contribution in [0.4, 0.5) is 0 Å². The van der Waals surface area contributed by atoms with Gasteiger partial charge in [0.25, 0.3) is 5.91 Å². The SMILES string of the molecule is NC(CNC(=O)c1cnc(Cc2ccccc2)s1)C1CC1. The quantitative estimate of drug-likeness (QED) is 0.859. The Labute approximate surface area is 128 Å². The van der Waals surface area contributed by atoms with Crippen LogP contribution in [0.3, 0.4) is 0 Å². The fourth-order valence-corrected chi connectivity index (χ4v) is 3.12. The molecule has 1 amide bonds. The fraction of sp³-hybridized carbons (Fsp3) is 0.375. The average Bonchev–Trinajstić information content (AvgIpc) is 3.26. The lowest BCUT2D eigenvalue weighted by molar-refractivity contribution is 0.0954. The summed E-state index contributed by atoms with van der Waals surface area (Å²) in [4.78, 5) is 17.1. The molecule has 21 heavy (non-hydrogen) atoms. The van der Waals surface area contributed by atoms with E-state index in [4.69, 9.17) is 5.73 Å². The third-order valence-corrected chi connectivity index (χ3v) is 4.70. The summed E-state index contributed by atoms with van der Waals surface area (Å²) in [6, 6.07) is 10.2. The molecule has 1 fully saturated rings. The zero-order chi connectivity index (χ0) is 14.7. The van der Waals surface area contributed by atoms with E-state index in [0.29, 0.717) is 17.3 Å². The van der Waals surface area contributed by atoms with Crippen molar-refractivity contribution < 1.29 is 4.79 Å². The lowest BCUT2D eigenvalue weighted by Crippen LogP contribution is -2.38. The Kier molecular flexibility index (Phi) is 4.31. The number of amides is 1. The lowest BCUT2D eigenvalue weighted by atomic mass is 10.2. The second-order valence-corrected chi connectivity index (χ2v) is 6.61. The Morgan fingerprint density at radius 3 is 2.86 bits per heavy atom. The van der Waals surface area contributed by atoms with Crippen LogP contribution in [-0.4, -0.2) is 23.5 Å². The first-order valence-corrected chi connectivity index (χ1v) is 8.06. The lowest BCUT2D eigenvalue weighted by Gasteiger charge is -2.10.